The van der Waals surface area contributed by atoms with Gasteiger partial charge < -0.3 is 19.7 Å². The SMILES string of the molecule is COc1ccc2c(n1)N1CCOCC1C(=O)N2. The van der Waals surface area contributed by atoms with Crippen LogP contribution in [0.4, 0.5) is 11.5 Å². The second-order valence-electron chi connectivity index (χ2n) is 4.00. The first-order valence-corrected chi connectivity index (χ1v) is 5.50. The number of hydrogen-bond donors (Lipinski definition) is 1. The van der Waals surface area contributed by atoms with Crippen molar-refractivity contribution in [3.63, 3.8) is 0 Å². The van der Waals surface area contributed by atoms with Gasteiger partial charge in [-0.1, -0.05) is 0 Å². The minimum atomic E-state index is -0.282. The first kappa shape index (κ1) is 10.3. The Hall–Kier alpha value is -1.82. The van der Waals surface area contributed by atoms with Crippen molar-refractivity contribution in [2.75, 3.05) is 37.1 Å². The van der Waals surface area contributed by atoms with E-state index in [9.17, 15) is 4.79 Å². The summed E-state index contributed by atoms with van der Waals surface area (Å²) in [4.78, 5) is 18.2. The summed E-state index contributed by atoms with van der Waals surface area (Å²) in [5.41, 5.74) is 0.731. The number of methoxy groups -OCH3 is 1. The molecule has 1 N–H and O–H groups in total. The number of carbonyl (C=O) groups is 1. The number of ether oxygens (including phenoxy) is 2. The minimum absolute atomic E-state index is 0.0378. The van der Waals surface area contributed by atoms with Crippen molar-refractivity contribution in [1.82, 2.24) is 4.98 Å². The average Bonchev–Trinajstić information content (AvgIpc) is 2.39. The van der Waals surface area contributed by atoms with Crippen molar-refractivity contribution in [3.05, 3.63) is 12.1 Å². The van der Waals surface area contributed by atoms with Crippen molar-refractivity contribution < 1.29 is 14.3 Å². The van der Waals surface area contributed by atoms with Gasteiger partial charge in [0.15, 0.2) is 5.82 Å². The van der Waals surface area contributed by atoms with Crippen molar-refractivity contribution in [2.24, 2.45) is 0 Å². The molecule has 1 fully saturated rings. The summed E-state index contributed by atoms with van der Waals surface area (Å²) in [5.74, 6) is 1.27. The summed E-state index contributed by atoms with van der Waals surface area (Å²) >= 11 is 0. The molecule has 1 aromatic rings. The van der Waals surface area contributed by atoms with Crippen molar-refractivity contribution in [2.45, 2.75) is 6.04 Å². The molecule has 6 nitrogen and oxygen atoms in total. The van der Waals surface area contributed by atoms with Gasteiger partial charge in [0.25, 0.3) is 0 Å². The van der Waals surface area contributed by atoms with Gasteiger partial charge in [0.2, 0.25) is 11.8 Å². The van der Waals surface area contributed by atoms with Gasteiger partial charge in [-0.3, -0.25) is 4.79 Å². The van der Waals surface area contributed by atoms with Gasteiger partial charge in [-0.15, -0.1) is 0 Å². The first-order valence-electron chi connectivity index (χ1n) is 5.50. The van der Waals surface area contributed by atoms with Crippen LogP contribution in [0.5, 0.6) is 5.88 Å². The van der Waals surface area contributed by atoms with Crippen LogP contribution in [0.25, 0.3) is 0 Å². The van der Waals surface area contributed by atoms with E-state index in [0.717, 1.165) is 11.5 Å². The lowest BCUT2D eigenvalue weighted by Crippen LogP contribution is -2.55. The lowest BCUT2D eigenvalue weighted by molar-refractivity contribution is -0.120. The van der Waals surface area contributed by atoms with E-state index in [0.29, 0.717) is 25.6 Å². The summed E-state index contributed by atoms with van der Waals surface area (Å²) in [7, 11) is 1.58. The molecule has 6 heteroatoms. The van der Waals surface area contributed by atoms with Crippen LogP contribution in [0.15, 0.2) is 12.1 Å². The number of hydrogen-bond acceptors (Lipinski definition) is 5. The lowest BCUT2D eigenvalue weighted by atomic mass is 10.1. The normalized spacial score (nSPS) is 22.5. The molecule has 1 atom stereocenters. The quantitative estimate of drug-likeness (QED) is 0.755. The van der Waals surface area contributed by atoms with E-state index in [1.807, 2.05) is 11.0 Å². The molecule has 1 unspecified atom stereocenters. The summed E-state index contributed by atoms with van der Waals surface area (Å²) in [6.07, 6.45) is 0. The average molecular weight is 235 g/mol. The molecule has 0 bridgehead atoms. The van der Waals surface area contributed by atoms with Crippen LogP contribution in [0.2, 0.25) is 0 Å². The van der Waals surface area contributed by atoms with Crippen LogP contribution in [0.3, 0.4) is 0 Å². The van der Waals surface area contributed by atoms with E-state index in [4.69, 9.17) is 9.47 Å². The summed E-state index contributed by atoms with van der Waals surface area (Å²) in [5, 5.41) is 2.83. The Morgan fingerprint density at radius 3 is 3.29 bits per heavy atom. The van der Waals surface area contributed by atoms with Crippen molar-refractivity contribution >= 4 is 17.4 Å². The molecule has 0 spiro atoms. The van der Waals surface area contributed by atoms with E-state index >= 15 is 0 Å². The molecule has 0 radical (unpaired) electrons. The first-order chi connectivity index (χ1) is 8.29. The van der Waals surface area contributed by atoms with Gasteiger partial charge in [-0.25, -0.2) is 0 Å². The number of amides is 1. The highest BCUT2D eigenvalue weighted by Crippen LogP contribution is 2.32. The smallest absolute Gasteiger partial charge is 0.249 e. The van der Waals surface area contributed by atoms with Crippen molar-refractivity contribution in [3.8, 4) is 5.88 Å². The van der Waals surface area contributed by atoms with E-state index in [-0.39, 0.29) is 11.9 Å². The maximum absolute atomic E-state index is 11.9. The third-order valence-electron chi connectivity index (χ3n) is 3.02. The van der Waals surface area contributed by atoms with Gasteiger partial charge >= 0.3 is 0 Å². The molecular weight excluding hydrogens is 222 g/mol. The molecule has 0 aromatic carbocycles. The standard InChI is InChI=1S/C11H13N3O3/c1-16-9-3-2-7-10(13-9)14-4-5-17-6-8(14)11(15)12-7/h2-3,8H,4-6H2,1H3,(H,12,15). The van der Waals surface area contributed by atoms with Crippen LogP contribution in [-0.4, -0.2) is 43.8 Å². The van der Waals surface area contributed by atoms with E-state index in [1.54, 1.807) is 13.2 Å². The molecule has 1 amide bonds. The Balaban J connectivity index is 2.04. The fourth-order valence-electron chi connectivity index (χ4n) is 2.15. The maximum Gasteiger partial charge on any atom is 0.249 e. The summed E-state index contributed by atoms with van der Waals surface area (Å²) in [6.45, 7) is 1.69. The number of morpholine rings is 1. The molecule has 3 heterocycles. The van der Waals surface area contributed by atoms with Gasteiger partial charge in [-0.2, -0.15) is 4.98 Å². The van der Waals surface area contributed by atoms with Crippen LogP contribution in [0, 0.1) is 0 Å². The summed E-state index contributed by atoms with van der Waals surface area (Å²) in [6, 6.07) is 3.26. The van der Waals surface area contributed by atoms with Crippen molar-refractivity contribution in [1.29, 1.82) is 0 Å². The number of carbonyl (C=O) groups excluding carboxylic acids is 1. The lowest BCUT2D eigenvalue weighted by Gasteiger charge is -2.39. The third kappa shape index (κ3) is 1.61. The molecule has 2 aliphatic rings. The zero-order chi connectivity index (χ0) is 11.8. The highest BCUT2D eigenvalue weighted by Gasteiger charge is 2.36. The number of anilines is 2. The largest absolute Gasteiger partial charge is 0.481 e. The topological polar surface area (TPSA) is 63.7 Å². The van der Waals surface area contributed by atoms with Crippen LogP contribution in [0.1, 0.15) is 0 Å². The van der Waals surface area contributed by atoms with Gasteiger partial charge in [-0.05, 0) is 6.07 Å². The van der Waals surface area contributed by atoms with Gasteiger partial charge in [0, 0.05) is 12.6 Å². The van der Waals surface area contributed by atoms with Gasteiger partial charge in [0.1, 0.15) is 6.04 Å². The predicted molar refractivity (Wildman–Crippen MR) is 61.4 cm³/mol. The maximum atomic E-state index is 11.9. The molecule has 0 saturated carbocycles. The zero-order valence-corrected chi connectivity index (χ0v) is 9.47. The van der Waals surface area contributed by atoms with Crippen LogP contribution < -0.4 is 15.0 Å². The Morgan fingerprint density at radius 1 is 1.59 bits per heavy atom. The molecule has 3 rings (SSSR count). The van der Waals surface area contributed by atoms with E-state index in [2.05, 4.69) is 10.3 Å². The van der Waals surface area contributed by atoms with E-state index < -0.39 is 0 Å². The second kappa shape index (κ2) is 3.89. The number of pyridine rings is 1. The number of aromatic nitrogens is 1. The monoisotopic (exact) mass is 235 g/mol. The third-order valence-corrected chi connectivity index (χ3v) is 3.02. The van der Waals surface area contributed by atoms with Gasteiger partial charge in [0.05, 0.1) is 26.0 Å². The van der Waals surface area contributed by atoms with Crippen LogP contribution in [-0.2, 0) is 9.53 Å². The Morgan fingerprint density at radius 2 is 2.47 bits per heavy atom. The Bertz CT molecular complexity index is 463. The second-order valence-corrected chi connectivity index (χ2v) is 4.00. The molecule has 0 aliphatic carbocycles. The summed E-state index contributed by atoms with van der Waals surface area (Å²) < 4.78 is 10.4. The molecule has 1 aromatic heterocycles. The highest BCUT2D eigenvalue weighted by molar-refractivity contribution is 6.03. The zero-order valence-electron chi connectivity index (χ0n) is 9.47. The number of nitrogens with one attached hydrogen (secondary N) is 1. The molecular formula is C11H13N3O3. The molecule has 1 saturated heterocycles. The number of rotatable bonds is 1. The minimum Gasteiger partial charge on any atom is -0.481 e. The highest BCUT2D eigenvalue weighted by atomic mass is 16.5. The number of fused-ring (bicyclic) bond motifs is 3. The fraction of sp³-hybridized carbons (Fsp3) is 0.455. The molecule has 90 valence electrons. The van der Waals surface area contributed by atoms with E-state index in [1.165, 1.54) is 0 Å². The molecule has 2 aliphatic heterocycles. The molecule has 17 heavy (non-hydrogen) atoms. The number of nitrogens with zero attached hydrogens (tertiary/aromatic N) is 2. The Labute approximate surface area is 98.5 Å². The van der Waals surface area contributed by atoms with Crippen LogP contribution >= 0.6 is 0 Å². The fourth-order valence-corrected chi connectivity index (χ4v) is 2.15. The Kier molecular flexibility index (Phi) is 2.36. The predicted octanol–water partition coefficient (Wildman–Crippen LogP) is 0.247.